The maximum atomic E-state index is 13.7. The first-order valence-corrected chi connectivity index (χ1v) is 19.0. The zero-order chi connectivity index (χ0) is 45.2. The van der Waals surface area contributed by atoms with Crippen LogP contribution in [0.5, 0.6) is 0 Å². The number of carbonyl (C=O) groups is 1. The molecule has 0 atom stereocenters. The van der Waals surface area contributed by atoms with E-state index >= 15 is 0 Å². The Balaban J connectivity index is 0.000000196. The number of hydrogen-bond donors (Lipinski definition) is 2. The number of hydrogen-bond acceptors (Lipinski definition) is 10. The van der Waals surface area contributed by atoms with Crippen LogP contribution in [0.3, 0.4) is 0 Å². The summed E-state index contributed by atoms with van der Waals surface area (Å²) in [6.07, 6.45) is -10.3. The molecule has 0 aliphatic carbocycles. The van der Waals surface area contributed by atoms with E-state index in [2.05, 4.69) is 15.3 Å². The highest BCUT2D eigenvalue weighted by atomic mass is 35.5. The fourth-order valence-electron chi connectivity index (χ4n) is 6.43. The van der Waals surface area contributed by atoms with Crippen LogP contribution >= 0.6 is 11.6 Å². The molecule has 2 aliphatic rings. The first-order chi connectivity index (χ1) is 29.4. The van der Waals surface area contributed by atoms with Crippen molar-refractivity contribution in [3.05, 3.63) is 118 Å². The molecule has 1 aromatic heterocycles. The van der Waals surface area contributed by atoms with Crippen LogP contribution < -0.4 is 15.5 Å². The van der Waals surface area contributed by atoms with E-state index in [1.54, 1.807) is 41.3 Å². The van der Waals surface area contributed by atoms with E-state index in [-0.39, 0.29) is 86.1 Å². The number of anilines is 2. The highest BCUT2D eigenvalue weighted by Gasteiger charge is 2.37. The summed E-state index contributed by atoms with van der Waals surface area (Å²) < 4.78 is 112. The van der Waals surface area contributed by atoms with Gasteiger partial charge in [-0.25, -0.2) is 8.78 Å². The Kier molecular flexibility index (Phi) is 15.1. The number of halogens is 9. The summed E-state index contributed by atoms with van der Waals surface area (Å²) in [6.45, 7) is 0.920. The highest BCUT2D eigenvalue weighted by molar-refractivity contribution is 6.67. The Morgan fingerprint density at radius 1 is 0.726 bits per heavy atom. The first-order valence-electron chi connectivity index (χ1n) is 18.6. The van der Waals surface area contributed by atoms with Crippen molar-refractivity contribution in [1.29, 1.82) is 10.5 Å². The normalized spacial score (nSPS) is 15.0. The minimum absolute atomic E-state index is 0.0103. The maximum absolute atomic E-state index is 13.7. The Morgan fingerprint density at radius 2 is 1.16 bits per heavy atom. The molecule has 2 fully saturated rings. The van der Waals surface area contributed by atoms with Crippen molar-refractivity contribution in [3.8, 4) is 35.0 Å². The summed E-state index contributed by atoms with van der Waals surface area (Å²) in [6, 6.07) is 23.8. The van der Waals surface area contributed by atoms with Crippen molar-refractivity contribution in [3.63, 3.8) is 0 Å². The van der Waals surface area contributed by atoms with Gasteiger partial charge in [-0.1, -0.05) is 10.3 Å². The minimum atomic E-state index is -4.59. The summed E-state index contributed by atoms with van der Waals surface area (Å²) in [5.41, 5.74) is 5.73. The maximum Gasteiger partial charge on any atom is 0.418 e. The standard InChI is InChI=1S/C21H16F4N4O.C13H15F4N3O.C8H4ClNO/c22-16-7-9-29(10-8-16)18-6-5-15(11-17(18)21(23,24)25)19-27-20(30-28-19)14-3-1-13(12-26)2-4-14;14-9-3-5-20(6-4-9)11-2-1-8(12(18)19-21)7-10(11)13(15,16)17;9-8(11)7-3-1-6(5-10)2-4-7/h1-6,11,16H,7-10H2;1-2,7,9,21H,3-6H2,(H2,18,19);1-4H. The third kappa shape index (κ3) is 12.0. The predicted octanol–water partition coefficient (Wildman–Crippen LogP) is 9.91. The van der Waals surface area contributed by atoms with Crippen molar-refractivity contribution >= 4 is 34.1 Å². The van der Waals surface area contributed by atoms with Crippen molar-refractivity contribution in [1.82, 2.24) is 10.1 Å². The molecule has 0 unspecified atom stereocenters. The second-order valence-corrected chi connectivity index (χ2v) is 14.2. The molecule has 0 spiro atoms. The summed E-state index contributed by atoms with van der Waals surface area (Å²) >= 11 is 5.18. The number of nitrogens with zero attached hydrogens (tertiary/aromatic N) is 7. The molecule has 20 heteroatoms. The Hall–Kier alpha value is -6.73. The lowest BCUT2D eigenvalue weighted by Gasteiger charge is -2.32. The zero-order valence-corrected chi connectivity index (χ0v) is 33.0. The fraction of sp³-hybridized carbons (Fsp3) is 0.286. The van der Waals surface area contributed by atoms with Crippen LogP contribution in [0.4, 0.5) is 46.5 Å². The molecule has 7 rings (SSSR count). The van der Waals surface area contributed by atoms with Gasteiger partial charge in [0.2, 0.25) is 5.82 Å². The third-order valence-corrected chi connectivity index (χ3v) is 9.94. The molecule has 324 valence electrons. The van der Waals surface area contributed by atoms with Crippen molar-refractivity contribution in [2.24, 2.45) is 10.9 Å². The number of piperidine rings is 2. The highest BCUT2D eigenvalue weighted by Crippen LogP contribution is 2.41. The molecule has 0 amide bonds. The molecule has 4 aromatic carbocycles. The van der Waals surface area contributed by atoms with Gasteiger partial charge in [0.1, 0.15) is 12.3 Å². The van der Waals surface area contributed by atoms with E-state index in [1.165, 1.54) is 41.3 Å². The molecule has 0 radical (unpaired) electrons. The number of amidine groups is 1. The number of rotatable bonds is 6. The van der Waals surface area contributed by atoms with Gasteiger partial charge in [-0.2, -0.15) is 41.9 Å². The number of alkyl halides is 8. The topological polar surface area (TPSA) is 169 Å². The van der Waals surface area contributed by atoms with E-state index in [9.17, 15) is 39.9 Å². The quantitative estimate of drug-likeness (QED) is 0.0418. The van der Waals surface area contributed by atoms with Crippen molar-refractivity contribution < 1.29 is 49.6 Å². The lowest BCUT2D eigenvalue weighted by molar-refractivity contribution is -0.138. The summed E-state index contributed by atoms with van der Waals surface area (Å²) in [5.74, 6) is -0.236. The van der Waals surface area contributed by atoms with Crippen molar-refractivity contribution in [2.45, 2.75) is 50.4 Å². The van der Waals surface area contributed by atoms with Crippen LogP contribution in [0.1, 0.15) is 63.9 Å². The third-order valence-electron chi connectivity index (χ3n) is 9.72. The van der Waals surface area contributed by atoms with Gasteiger partial charge in [-0.15, -0.1) is 0 Å². The van der Waals surface area contributed by atoms with Gasteiger partial charge < -0.3 is 25.3 Å². The van der Waals surface area contributed by atoms with Crippen LogP contribution in [0, 0.1) is 22.7 Å². The van der Waals surface area contributed by atoms with Gasteiger partial charge in [0.05, 0.1) is 34.4 Å². The van der Waals surface area contributed by atoms with Gasteiger partial charge in [0, 0.05) is 59.8 Å². The average Bonchev–Trinajstić information content (AvgIpc) is 3.77. The van der Waals surface area contributed by atoms with E-state index in [0.29, 0.717) is 22.3 Å². The molecule has 62 heavy (non-hydrogen) atoms. The molecule has 0 saturated carbocycles. The van der Waals surface area contributed by atoms with Crippen LogP contribution in [0.25, 0.3) is 22.8 Å². The summed E-state index contributed by atoms with van der Waals surface area (Å²) in [7, 11) is 0. The van der Waals surface area contributed by atoms with Crippen LogP contribution in [0.2, 0.25) is 0 Å². The van der Waals surface area contributed by atoms with E-state index in [0.717, 1.165) is 12.1 Å². The number of aromatic nitrogens is 2. The van der Waals surface area contributed by atoms with Gasteiger partial charge in [-0.05, 0) is 122 Å². The smallest absolute Gasteiger partial charge is 0.409 e. The summed E-state index contributed by atoms with van der Waals surface area (Å²) in [5, 5.41) is 31.8. The Labute approximate surface area is 354 Å². The SMILES string of the molecule is N#Cc1ccc(-c2nc(-c3ccc(N4CCC(F)CC4)c(C(F)(F)F)c3)no2)cc1.N#Cc1ccc(C(=O)Cl)cc1.N/C(=N\O)c1ccc(N2CCC(F)CC2)c(C(F)(F)F)c1. The van der Waals surface area contributed by atoms with Gasteiger partial charge in [-0.3, -0.25) is 4.79 Å². The number of oxime groups is 1. The second-order valence-electron chi connectivity index (χ2n) is 13.8. The Bertz CT molecular complexity index is 2430. The first kappa shape index (κ1) is 46.3. The monoisotopic (exact) mass is 886 g/mol. The van der Waals surface area contributed by atoms with Crippen LogP contribution in [-0.4, -0.2) is 64.9 Å². The van der Waals surface area contributed by atoms with Gasteiger partial charge in [0.15, 0.2) is 5.84 Å². The van der Waals surface area contributed by atoms with Crippen LogP contribution in [-0.2, 0) is 12.4 Å². The predicted molar refractivity (Wildman–Crippen MR) is 213 cm³/mol. The van der Waals surface area contributed by atoms with Crippen LogP contribution in [0.15, 0.2) is 94.6 Å². The number of carbonyl (C=O) groups excluding carboxylic acids is 1. The molecule has 3 N–H and O–H groups in total. The largest absolute Gasteiger partial charge is 0.418 e. The number of nitriles is 2. The lowest BCUT2D eigenvalue weighted by Crippen LogP contribution is -2.35. The van der Waals surface area contributed by atoms with Gasteiger partial charge >= 0.3 is 12.4 Å². The Morgan fingerprint density at radius 3 is 1.61 bits per heavy atom. The summed E-state index contributed by atoms with van der Waals surface area (Å²) in [4.78, 5) is 17.8. The molecule has 2 aliphatic heterocycles. The molecule has 3 heterocycles. The lowest BCUT2D eigenvalue weighted by atomic mass is 10.0. The molecular formula is C42H35ClF8N8O3. The molecular weight excluding hydrogens is 852 g/mol. The van der Waals surface area contributed by atoms with Gasteiger partial charge in [0.25, 0.3) is 11.1 Å². The number of nitrogens with two attached hydrogens (primary N) is 1. The minimum Gasteiger partial charge on any atom is -0.409 e. The van der Waals surface area contributed by atoms with E-state index < -0.39 is 46.9 Å². The van der Waals surface area contributed by atoms with Crippen molar-refractivity contribution in [2.75, 3.05) is 36.0 Å². The molecule has 2 saturated heterocycles. The molecule has 0 bridgehead atoms. The number of benzene rings is 4. The molecule has 5 aromatic rings. The zero-order valence-electron chi connectivity index (χ0n) is 32.3. The second kappa shape index (κ2) is 20.2. The van der Waals surface area contributed by atoms with E-state index in [1.807, 2.05) is 12.1 Å². The molecule has 11 nitrogen and oxygen atoms in total. The van der Waals surface area contributed by atoms with E-state index in [4.69, 9.17) is 37.6 Å². The average molecular weight is 887 g/mol. The fourth-order valence-corrected chi connectivity index (χ4v) is 6.56.